The van der Waals surface area contributed by atoms with E-state index in [1.54, 1.807) is 0 Å². The summed E-state index contributed by atoms with van der Waals surface area (Å²) in [4.78, 5) is 15.8. The number of H-pyrrole nitrogens is 1. The molecule has 3 aromatic heterocycles. The molecule has 0 bridgehead atoms. The number of nitrogens with two attached hydrogens (primary N) is 1. The van der Waals surface area contributed by atoms with Gasteiger partial charge in [-0.15, -0.1) is 0 Å². The molecule has 0 unspecified atom stereocenters. The van der Waals surface area contributed by atoms with Crippen LogP contribution in [0.2, 0.25) is 0 Å². The fourth-order valence-electron chi connectivity index (χ4n) is 5.23. The molecule has 1 fully saturated rings. The molecule has 2 aromatic carbocycles. The van der Waals surface area contributed by atoms with E-state index in [2.05, 4.69) is 95.7 Å². The second-order valence-corrected chi connectivity index (χ2v) is 10.4. The predicted molar refractivity (Wildman–Crippen MR) is 150 cm³/mol. The highest BCUT2D eigenvalue weighted by atomic mass is 15.4. The van der Waals surface area contributed by atoms with E-state index in [1.165, 1.54) is 10.9 Å². The summed E-state index contributed by atoms with van der Waals surface area (Å²) in [5.41, 5.74) is 12.7. The number of rotatable bonds is 6. The number of piperidine rings is 1. The molecule has 6 rings (SSSR count). The number of fused-ring (bicyclic) bond motifs is 2. The lowest BCUT2D eigenvalue weighted by Gasteiger charge is -2.30. The Morgan fingerprint density at radius 2 is 1.73 bits per heavy atom. The van der Waals surface area contributed by atoms with Crippen molar-refractivity contribution in [1.29, 1.82) is 0 Å². The Labute approximate surface area is 216 Å². The lowest BCUT2D eigenvalue weighted by molar-refractivity contribution is 0.495. The molecule has 1 saturated heterocycles. The molecule has 4 N–H and O–H groups in total. The monoisotopic (exact) mass is 494 g/mol. The summed E-state index contributed by atoms with van der Waals surface area (Å²) in [6.45, 7) is 8.24. The van der Waals surface area contributed by atoms with E-state index in [0.29, 0.717) is 11.9 Å². The minimum atomic E-state index is -0.0185. The number of hydrogen-bond donors (Lipinski definition) is 3. The second-order valence-electron chi connectivity index (χ2n) is 10.4. The first kappa shape index (κ1) is 23.5. The van der Waals surface area contributed by atoms with Crippen molar-refractivity contribution in [3.63, 3.8) is 0 Å². The van der Waals surface area contributed by atoms with Crippen molar-refractivity contribution in [3.05, 3.63) is 71.9 Å². The first-order chi connectivity index (χ1) is 18.0. The van der Waals surface area contributed by atoms with E-state index in [9.17, 15) is 0 Å². The SMILES string of the molecule is CC(C)c1cnn2c(N[C@H](C)c3ccccc3-c3cc4ccccc4[nH]3)nc(N3CCC(N)CC3)nc12. The molecule has 4 heterocycles. The number of para-hydroxylation sites is 1. The predicted octanol–water partition coefficient (Wildman–Crippen LogP) is 5.50. The second kappa shape index (κ2) is 9.52. The Hall–Kier alpha value is -3.91. The topological polar surface area (TPSA) is 100 Å². The number of aromatic amines is 1. The summed E-state index contributed by atoms with van der Waals surface area (Å²) in [6, 6.07) is 19.3. The number of anilines is 2. The number of nitrogens with one attached hydrogen (secondary N) is 2. The summed E-state index contributed by atoms with van der Waals surface area (Å²) < 4.78 is 1.84. The van der Waals surface area contributed by atoms with Crippen LogP contribution in [0.1, 0.15) is 56.7 Å². The van der Waals surface area contributed by atoms with E-state index < -0.39 is 0 Å². The zero-order chi connectivity index (χ0) is 25.5. The Morgan fingerprint density at radius 1 is 0.973 bits per heavy atom. The van der Waals surface area contributed by atoms with Gasteiger partial charge in [-0.3, -0.25) is 0 Å². The molecule has 0 radical (unpaired) electrons. The van der Waals surface area contributed by atoms with Crippen molar-refractivity contribution in [2.24, 2.45) is 5.73 Å². The third-order valence-corrected chi connectivity index (χ3v) is 7.42. The molecule has 0 spiro atoms. The molecular weight excluding hydrogens is 460 g/mol. The van der Waals surface area contributed by atoms with Gasteiger partial charge in [0.2, 0.25) is 11.9 Å². The summed E-state index contributed by atoms with van der Waals surface area (Å²) in [5.74, 6) is 1.74. The lowest BCUT2D eigenvalue weighted by Crippen LogP contribution is -2.40. The maximum atomic E-state index is 6.16. The summed E-state index contributed by atoms with van der Waals surface area (Å²) in [5, 5.41) is 9.55. The smallest absolute Gasteiger partial charge is 0.230 e. The van der Waals surface area contributed by atoms with Crippen molar-refractivity contribution >= 4 is 28.4 Å². The zero-order valence-corrected chi connectivity index (χ0v) is 21.6. The van der Waals surface area contributed by atoms with Gasteiger partial charge in [-0.05, 0) is 43.4 Å². The van der Waals surface area contributed by atoms with Crippen molar-refractivity contribution in [1.82, 2.24) is 24.6 Å². The summed E-state index contributed by atoms with van der Waals surface area (Å²) in [7, 11) is 0. The quantitative estimate of drug-likeness (QED) is 0.288. The van der Waals surface area contributed by atoms with Gasteiger partial charge in [-0.2, -0.15) is 19.6 Å². The lowest BCUT2D eigenvalue weighted by atomic mass is 9.99. The van der Waals surface area contributed by atoms with Crippen LogP contribution >= 0.6 is 0 Å². The number of benzene rings is 2. The number of nitrogens with zero attached hydrogens (tertiary/aromatic N) is 5. The van der Waals surface area contributed by atoms with Crippen LogP contribution in [0.25, 0.3) is 27.8 Å². The first-order valence-electron chi connectivity index (χ1n) is 13.2. The largest absolute Gasteiger partial charge is 0.355 e. The van der Waals surface area contributed by atoms with Crippen LogP contribution in [0.4, 0.5) is 11.9 Å². The van der Waals surface area contributed by atoms with Gasteiger partial charge < -0.3 is 20.9 Å². The molecule has 1 atom stereocenters. The number of aromatic nitrogens is 5. The van der Waals surface area contributed by atoms with Gasteiger partial charge in [-0.25, -0.2) is 0 Å². The Balaban J connectivity index is 1.39. The summed E-state index contributed by atoms with van der Waals surface area (Å²) >= 11 is 0. The molecule has 0 amide bonds. The van der Waals surface area contributed by atoms with Crippen molar-refractivity contribution in [3.8, 4) is 11.3 Å². The highest BCUT2D eigenvalue weighted by molar-refractivity contribution is 5.86. The summed E-state index contributed by atoms with van der Waals surface area (Å²) in [6.07, 6.45) is 3.81. The molecule has 1 aliphatic heterocycles. The van der Waals surface area contributed by atoms with Gasteiger partial charge in [-0.1, -0.05) is 56.3 Å². The van der Waals surface area contributed by atoms with E-state index in [0.717, 1.165) is 59.9 Å². The average Bonchev–Trinajstić information content (AvgIpc) is 3.54. The van der Waals surface area contributed by atoms with E-state index in [4.69, 9.17) is 15.7 Å². The van der Waals surface area contributed by atoms with Crippen molar-refractivity contribution in [2.45, 2.75) is 51.6 Å². The Morgan fingerprint density at radius 3 is 2.51 bits per heavy atom. The first-order valence-corrected chi connectivity index (χ1v) is 13.2. The third-order valence-electron chi connectivity index (χ3n) is 7.42. The Kier molecular flexibility index (Phi) is 6.04. The standard InChI is InChI=1S/C29H34N8/c1-18(2)24-17-31-37-27(24)34-28(36-14-12-21(30)13-15-36)35-29(37)32-19(3)22-9-5-6-10-23(22)26-16-20-8-4-7-11-25(20)33-26/h4-11,16-19,21,33H,12-15,30H2,1-3H3,(H,32,34,35)/t19-/m1/s1. The molecule has 0 saturated carbocycles. The van der Waals surface area contributed by atoms with Gasteiger partial charge in [0.25, 0.3) is 0 Å². The average molecular weight is 495 g/mol. The van der Waals surface area contributed by atoms with E-state index in [-0.39, 0.29) is 12.1 Å². The molecule has 1 aliphatic rings. The van der Waals surface area contributed by atoms with Gasteiger partial charge in [0.05, 0.1) is 12.2 Å². The van der Waals surface area contributed by atoms with Crippen LogP contribution in [-0.4, -0.2) is 43.7 Å². The minimum Gasteiger partial charge on any atom is -0.355 e. The van der Waals surface area contributed by atoms with Crippen molar-refractivity contribution in [2.75, 3.05) is 23.3 Å². The van der Waals surface area contributed by atoms with Gasteiger partial charge in [0.1, 0.15) is 0 Å². The maximum absolute atomic E-state index is 6.16. The molecule has 0 aliphatic carbocycles. The van der Waals surface area contributed by atoms with Crippen LogP contribution in [0.5, 0.6) is 0 Å². The van der Waals surface area contributed by atoms with Crippen LogP contribution in [0.15, 0.2) is 60.8 Å². The van der Waals surface area contributed by atoms with E-state index in [1.807, 2.05) is 10.7 Å². The number of hydrogen-bond acceptors (Lipinski definition) is 6. The van der Waals surface area contributed by atoms with Gasteiger partial charge >= 0.3 is 0 Å². The van der Waals surface area contributed by atoms with Crippen molar-refractivity contribution < 1.29 is 0 Å². The van der Waals surface area contributed by atoms with Crippen LogP contribution in [0.3, 0.4) is 0 Å². The fraction of sp³-hybridized carbons (Fsp3) is 0.345. The van der Waals surface area contributed by atoms with E-state index >= 15 is 0 Å². The normalized spacial score (nSPS) is 15.6. The maximum Gasteiger partial charge on any atom is 0.230 e. The zero-order valence-electron chi connectivity index (χ0n) is 21.6. The van der Waals surface area contributed by atoms with Crippen LogP contribution in [0, 0.1) is 0 Å². The Bertz CT molecular complexity index is 1510. The molecule has 37 heavy (non-hydrogen) atoms. The van der Waals surface area contributed by atoms with Crippen LogP contribution in [-0.2, 0) is 0 Å². The van der Waals surface area contributed by atoms with Gasteiger partial charge in [0, 0.05) is 46.9 Å². The highest BCUT2D eigenvalue weighted by Crippen LogP contribution is 2.32. The molecular formula is C29H34N8. The van der Waals surface area contributed by atoms with Crippen LogP contribution < -0.4 is 16.0 Å². The minimum absolute atomic E-state index is 0.0185. The fourth-order valence-corrected chi connectivity index (χ4v) is 5.23. The molecule has 190 valence electrons. The third kappa shape index (κ3) is 4.42. The molecule has 8 nitrogen and oxygen atoms in total. The van der Waals surface area contributed by atoms with Gasteiger partial charge in [0.15, 0.2) is 5.65 Å². The molecule has 8 heteroatoms. The molecule has 5 aromatic rings. The highest BCUT2D eigenvalue weighted by Gasteiger charge is 2.23.